The molecule has 0 atom stereocenters. The Bertz CT molecular complexity index is 252. The predicted molar refractivity (Wildman–Crippen MR) is 57.1 cm³/mol. The average Bonchev–Trinajstić information content (AvgIpc) is 2.72. The molecule has 1 fully saturated rings. The van der Waals surface area contributed by atoms with E-state index in [1.165, 1.54) is 32.1 Å². The molecule has 2 aliphatic rings. The molecule has 0 aromatic heterocycles. The molecule has 0 bridgehead atoms. The smallest absolute Gasteiger partial charge is 0.210 e. The van der Waals surface area contributed by atoms with Gasteiger partial charge in [-0.1, -0.05) is 19.3 Å². The molecule has 14 heavy (non-hydrogen) atoms. The molecular formula is C11H18N2O. The lowest BCUT2D eigenvalue weighted by atomic mass is 9.87. The zero-order valence-corrected chi connectivity index (χ0v) is 8.54. The van der Waals surface area contributed by atoms with Gasteiger partial charge in [0, 0.05) is 11.8 Å². The number of nitrogens with two attached hydrogens (primary N) is 1. The zero-order chi connectivity index (χ0) is 9.80. The Morgan fingerprint density at radius 1 is 1.36 bits per heavy atom. The van der Waals surface area contributed by atoms with Gasteiger partial charge in [0.1, 0.15) is 6.61 Å². The summed E-state index contributed by atoms with van der Waals surface area (Å²) in [6.45, 7) is 1.49. The molecule has 0 saturated heterocycles. The molecule has 1 aliphatic carbocycles. The molecule has 0 aromatic rings. The summed E-state index contributed by atoms with van der Waals surface area (Å²) in [6, 6.07) is 0. The van der Waals surface area contributed by atoms with E-state index >= 15 is 0 Å². The third kappa shape index (κ3) is 2.28. The average molecular weight is 194 g/mol. The molecule has 1 aliphatic heterocycles. The van der Waals surface area contributed by atoms with E-state index in [0.717, 1.165) is 18.1 Å². The molecule has 0 amide bonds. The van der Waals surface area contributed by atoms with Crippen molar-refractivity contribution in [3.63, 3.8) is 0 Å². The number of rotatable bonds is 2. The van der Waals surface area contributed by atoms with Crippen molar-refractivity contribution in [1.29, 1.82) is 0 Å². The largest absolute Gasteiger partial charge is 0.476 e. The molecule has 0 aromatic carbocycles. The lowest BCUT2D eigenvalue weighted by Crippen LogP contribution is -2.16. The number of nitrogens with zero attached hydrogens (tertiary/aromatic N) is 1. The van der Waals surface area contributed by atoms with E-state index in [9.17, 15) is 0 Å². The summed E-state index contributed by atoms with van der Waals surface area (Å²) in [7, 11) is 0. The second-order valence-corrected chi connectivity index (χ2v) is 4.05. The van der Waals surface area contributed by atoms with Gasteiger partial charge in [-0.2, -0.15) is 0 Å². The van der Waals surface area contributed by atoms with Gasteiger partial charge >= 0.3 is 0 Å². The van der Waals surface area contributed by atoms with Crippen molar-refractivity contribution in [1.82, 2.24) is 0 Å². The first-order valence-electron chi connectivity index (χ1n) is 5.50. The molecule has 3 nitrogen and oxygen atoms in total. The Kier molecular flexibility index (Phi) is 3.07. The van der Waals surface area contributed by atoms with Crippen molar-refractivity contribution < 1.29 is 4.74 Å². The minimum absolute atomic E-state index is 0.565. The standard InChI is InChI=1S/C11H18N2O/c12-10(8-11-13-6-7-14-11)9-4-2-1-3-5-9/h8-9H,1-7,12H2/b10-8-. The summed E-state index contributed by atoms with van der Waals surface area (Å²) in [5.74, 6) is 1.30. The number of hydrogen-bond donors (Lipinski definition) is 1. The van der Waals surface area contributed by atoms with E-state index in [-0.39, 0.29) is 0 Å². The predicted octanol–water partition coefficient (Wildman–Crippen LogP) is 1.84. The highest BCUT2D eigenvalue weighted by molar-refractivity contribution is 5.89. The van der Waals surface area contributed by atoms with Crippen LogP contribution in [0.15, 0.2) is 16.8 Å². The lowest BCUT2D eigenvalue weighted by Gasteiger charge is -2.21. The molecule has 0 radical (unpaired) electrons. The SMILES string of the molecule is N/C(=C\C1=NCCO1)C1CCCCC1. The van der Waals surface area contributed by atoms with Crippen LogP contribution in [0.4, 0.5) is 0 Å². The van der Waals surface area contributed by atoms with Crippen LogP contribution >= 0.6 is 0 Å². The van der Waals surface area contributed by atoms with E-state index in [1.54, 1.807) is 0 Å². The van der Waals surface area contributed by atoms with Crippen LogP contribution in [0.1, 0.15) is 32.1 Å². The minimum atomic E-state index is 0.565. The summed E-state index contributed by atoms with van der Waals surface area (Å²) in [5, 5.41) is 0. The number of ether oxygens (including phenoxy) is 1. The first-order valence-corrected chi connectivity index (χ1v) is 5.50. The van der Waals surface area contributed by atoms with Crippen molar-refractivity contribution in [3.8, 4) is 0 Å². The highest BCUT2D eigenvalue weighted by Crippen LogP contribution is 2.27. The summed E-state index contributed by atoms with van der Waals surface area (Å²) >= 11 is 0. The van der Waals surface area contributed by atoms with Crippen LogP contribution in [0.25, 0.3) is 0 Å². The minimum Gasteiger partial charge on any atom is -0.476 e. The maximum atomic E-state index is 6.03. The van der Waals surface area contributed by atoms with Crippen molar-refractivity contribution in [2.24, 2.45) is 16.6 Å². The quantitative estimate of drug-likeness (QED) is 0.729. The molecule has 2 N–H and O–H groups in total. The van der Waals surface area contributed by atoms with Gasteiger partial charge in [-0.3, -0.25) is 0 Å². The molecule has 2 rings (SSSR count). The number of aliphatic imine (C=N–C) groups is 1. The first kappa shape index (κ1) is 9.56. The molecule has 3 heteroatoms. The monoisotopic (exact) mass is 194 g/mol. The Labute approximate surface area is 85.0 Å². The Morgan fingerprint density at radius 3 is 2.79 bits per heavy atom. The van der Waals surface area contributed by atoms with Crippen LogP contribution < -0.4 is 5.73 Å². The summed E-state index contributed by atoms with van der Waals surface area (Å²) in [6.07, 6.45) is 8.37. The van der Waals surface area contributed by atoms with E-state index in [0.29, 0.717) is 12.5 Å². The Hall–Kier alpha value is -0.990. The van der Waals surface area contributed by atoms with Gasteiger partial charge in [-0.25, -0.2) is 4.99 Å². The van der Waals surface area contributed by atoms with Crippen LogP contribution in [0, 0.1) is 5.92 Å². The van der Waals surface area contributed by atoms with Crippen LogP contribution in [-0.4, -0.2) is 19.0 Å². The molecule has 0 unspecified atom stereocenters. The van der Waals surface area contributed by atoms with Crippen molar-refractivity contribution in [2.45, 2.75) is 32.1 Å². The maximum Gasteiger partial charge on any atom is 0.210 e. The number of hydrogen-bond acceptors (Lipinski definition) is 3. The third-order valence-electron chi connectivity index (χ3n) is 2.98. The second-order valence-electron chi connectivity index (χ2n) is 4.05. The van der Waals surface area contributed by atoms with Gasteiger partial charge < -0.3 is 10.5 Å². The van der Waals surface area contributed by atoms with E-state index < -0.39 is 0 Å². The van der Waals surface area contributed by atoms with E-state index in [2.05, 4.69) is 4.99 Å². The first-order chi connectivity index (χ1) is 6.86. The Balaban J connectivity index is 1.94. The summed E-state index contributed by atoms with van der Waals surface area (Å²) in [5.41, 5.74) is 6.99. The van der Waals surface area contributed by atoms with Crippen LogP contribution in [-0.2, 0) is 4.74 Å². The van der Waals surface area contributed by atoms with E-state index in [4.69, 9.17) is 10.5 Å². The topological polar surface area (TPSA) is 47.6 Å². The van der Waals surface area contributed by atoms with Crippen molar-refractivity contribution >= 4 is 5.90 Å². The van der Waals surface area contributed by atoms with Gasteiger partial charge in [-0.15, -0.1) is 0 Å². The second kappa shape index (κ2) is 4.49. The lowest BCUT2D eigenvalue weighted by molar-refractivity contribution is 0.348. The molecular weight excluding hydrogens is 176 g/mol. The zero-order valence-electron chi connectivity index (χ0n) is 8.54. The highest BCUT2D eigenvalue weighted by atomic mass is 16.5. The van der Waals surface area contributed by atoms with Crippen LogP contribution in [0.3, 0.4) is 0 Å². The van der Waals surface area contributed by atoms with Crippen LogP contribution in [0.2, 0.25) is 0 Å². The van der Waals surface area contributed by atoms with E-state index in [1.807, 2.05) is 6.08 Å². The fourth-order valence-electron chi connectivity index (χ4n) is 2.14. The highest BCUT2D eigenvalue weighted by Gasteiger charge is 2.16. The van der Waals surface area contributed by atoms with Crippen LogP contribution in [0.5, 0.6) is 0 Å². The van der Waals surface area contributed by atoms with Crippen molar-refractivity contribution in [2.75, 3.05) is 13.2 Å². The summed E-state index contributed by atoms with van der Waals surface area (Å²) < 4.78 is 5.31. The van der Waals surface area contributed by atoms with Gasteiger partial charge in [-0.05, 0) is 18.8 Å². The third-order valence-corrected chi connectivity index (χ3v) is 2.98. The summed E-state index contributed by atoms with van der Waals surface area (Å²) in [4.78, 5) is 4.21. The van der Waals surface area contributed by atoms with Gasteiger partial charge in [0.2, 0.25) is 5.90 Å². The van der Waals surface area contributed by atoms with Gasteiger partial charge in [0.15, 0.2) is 0 Å². The van der Waals surface area contributed by atoms with Crippen molar-refractivity contribution in [3.05, 3.63) is 11.8 Å². The van der Waals surface area contributed by atoms with Gasteiger partial charge in [0.05, 0.1) is 6.54 Å². The molecule has 78 valence electrons. The Morgan fingerprint density at radius 2 is 2.14 bits per heavy atom. The fraction of sp³-hybridized carbons (Fsp3) is 0.727. The fourth-order valence-corrected chi connectivity index (χ4v) is 2.14. The molecule has 0 spiro atoms. The number of allylic oxidation sites excluding steroid dienone is 1. The normalized spacial score (nSPS) is 24.6. The molecule has 1 saturated carbocycles. The molecule has 1 heterocycles. The maximum absolute atomic E-state index is 6.03. The van der Waals surface area contributed by atoms with Gasteiger partial charge in [0.25, 0.3) is 0 Å².